The van der Waals surface area contributed by atoms with Gasteiger partial charge in [0.05, 0.1) is 6.54 Å². The summed E-state index contributed by atoms with van der Waals surface area (Å²) in [5.41, 5.74) is 5.82. The molecule has 0 bridgehead atoms. The molecule has 2 atom stereocenters. The molecule has 1 rings (SSSR count). The van der Waals surface area contributed by atoms with Crippen molar-refractivity contribution < 1.29 is 9.59 Å². The summed E-state index contributed by atoms with van der Waals surface area (Å²) >= 11 is 0. The first kappa shape index (κ1) is 16.9. The zero-order valence-corrected chi connectivity index (χ0v) is 12.7. The maximum absolute atomic E-state index is 11.8. The van der Waals surface area contributed by atoms with E-state index in [0.717, 1.165) is 12.8 Å². The van der Waals surface area contributed by atoms with Crippen LogP contribution in [-0.4, -0.2) is 56.0 Å². The number of likely N-dealkylation sites (N-methyl/N-ethyl adjacent to an activating group) is 1. The van der Waals surface area contributed by atoms with Crippen molar-refractivity contribution in [2.45, 2.75) is 38.6 Å². The minimum atomic E-state index is -0.0793. The number of nitrogens with one attached hydrogen (secondary N) is 2. The summed E-state index contributed by atoms with van der Waals surface area (Å²) in [5, 5.41) is 5.46. The average molecular weight is 284 g/mol. The molecule has 2 unspecified atom stereocenters. The van der Waals surface area contributed by atoms with Crippen molar-refractivity contribution in [2.75, 3.05) is 33.2 Å². The normalized spacial score (nSPS) is 22.6. The Morgan fingerprint density at radius 2 is 1.85 bits per heavy atom. The second kappa shape index (κ2) is 8.92. The molecule has 0 aliphatic heterocycles. The second-order valence-electron chi connectivity index (χ2n) is 5.60. The van der Waals surface area contributed by atoms with E-state index in [2.05, 4.69) is 15.5 Å². The molecule has 4 N–H and O–H groups in total. The molecule has 0 aromatic carbocycles. The van der Waals surface area contributed by atoms with Crippen molar-refractivity contribution in [1.82, 2.24) is 15.5 Å². The summed E-state index contributed by atoms with van der Waals surface area (Å²) < 4.78 is 0. The molecular weight excluding hydrogens is 256 g/mol. The SMILES string of the molecule is CC(=O)NCCNC(=O)CN(C)C1CCCCC1CN. The lowest BCUT2D eigenvalue weighted by atomic mass is 9.84. The van der Waals surface area contributed by atoms with Gasteiger partial charge in [-0.1, -0.05) is 12.8 Å². The van der Waals surface area contributed by atoms with Crippen LogP contribution in [0.25, 0.3) is 0 Å². The molecule has 1 aliphatic carbocycles. The zero-order valence-electron chi connectivity index (χ0n) is 12.7. The third-order valence-corrected chi connectivity index (χ3v) is 3.95. The van der Waals surface area contributed by atoms with E-state index in [-0.39, 0.29) is 11.8 Å². The lowest BCUT2D eigenvalue weighted by molar-refractivity contribution is -0.123. The minimum absolute atomic E-state index is 0.000744. The summed E-state index contributed by atoms with van der Waals surface area (Å²) in [4.78, 5) is 24.7. The van der Waals surface area contributed by atoms with Crippen LogP contribution in [0.3, 0.4) is 0 Å². The highest BCUT2D eigenvalue weighted by Gasteiger charge is 2.27. The quantitative estimate of drug-likeness (QED) is 0.560. The van der Waals surface area contributed by atoms with E-state index >= 15 is 0 Å². The Morgan fingerprint density at radius 3 is 2.50 bits per heavy atom. The second-order valence-corrected chi connectivity index (χ2v) is 5.60. The van der Waals surface area contributed by atoms with E-state index in [1.165, 1.54) is 19.8 Å². The maximum atomic E-state index is 11.8. The van der Waals surface area contributed by atoms with Crippen LogP contribution in [0.1, 0.15) is 32.6 Å². The first-order chi connectivity index (χ1) is 9.54. The Morgan fingerprint density at radius 1 is 1.20 bits per heavy atom. The molecule has 1 saturated carbocycles. The van der Waals surface area contributed by atoms with Gasteiger partial charge in [0.25, 0.3) is 0 Å². The third-order valence-electron chi connectivity index (χ3n) is 3.95. The van der Waals surface area contributed by atoms with Gasteiger partial charge >= 0.3 is 0 Å². The molecular formula is C14H28N4O2. The summed E-state index contributed by atoms with van der Waals surface area (Å²) in [6, 6.07) is 0.412. The monoisotopic (exact) mass is 284 g/mol. The standard InChI is InChI=1S/C14H28N4O2/c1-11(19)16-7-8-17-14(20)10-18(2)13-6-4-3-5-12(13)9-15/h12-13H,3-10,15H2,1-2H3,(H,16,19)(H,17,20). The molecule has 6 heteroatoms. The van der Waals surface area contributed by atoms with Crippen molar-refractivity contribution >= 4 is 11.8 Å². The van der Waals surface area contributed by atoms with Gasteiger partial charge in [-0.25, -0.2) is 0 Å². The zero-order chi connectivity index (χ0) is 15.0. The Bertz CT molecular complexity index is 322. The summed E-state index contributed by atoms with van der Waals surface area (Å²) in [5.74, 6) is 0.421. The number of rotatable bonds is 7. The fourth-order valence-electron chi connectivity index (χ4n) is 2.88. The van der Waals surface area contributed by atoms with Crippen LogP contribution in [0, 0.1) is 5.92 Å². The molecule has 6 nitrogen and oxygen atoms in total. The van der Waals surface area contributed by atoms with Gasteiger partial charge in [-0.15, -0.1) is 0 Å². The summed E-state index contributed by atoms with van der Waals surface area (Å²) in [6.45, 7) is 3.49. The molecule has 0 heterocycles. The highest BCUT2D eigenvalue weighted by atomic mass is 16.2. The fourth-order valence-corrected chi connectivity index (χ4v) is 2.88. The van der Waals surface area contributed by atoms with Gasteiger partial charge in [-0.3, -0.25) is 14.5 Å². The van der Waals surface area contributed by atoms with Gasteiger partial charge < -0.3 is 16.4 Å². The maximum Gasteiger partial charge on any atom is 0.234 e. The Labute approximate surface area is 121 Å². The van der Waals surface area contributed by atoms with Crippen LogP contribution in [-0.2, 0) is 9.59 Å². The van der Waals surface area contributed by atoms with Gasteiger partial charge in [0, 0.05) is 26.1 Å². The van der Waals surface area contributed by atoms with Crippen molar-refractivity contribution in [3.05, 3.63) is 0 Å². The fraction of sp³-hybridized carbons (Fsp3) is 0.857. The van der Waals surface area contributed by atoms with E-state index in [1.54, 1.807) is 0 Å². The molecule has 1 aliphatic rings. The lowest BCUT2D eigenvalue weighted by Gasteiger charge is -2.37. The highest BCUT2D eigenvalue weighted by Crippen LogP contribution is 2.26. The number of hydrogen-bond acceptors (Lipinski definition) is 4. The Balaban J connectivity index is 2.27. The van der Waals surface area contributed by atoms with Gasteiger partial charge in [0.15, 0.2) is 0 Å². The average Bonchev–Trinajstić information content (AvgIpc) is 2.43. The topological polar surface area (TPSA) is 87.5 Å². The number of amides is 2. The number of hydrogen-bond donors (Lipinski definition) is 3. The van der Waals surface area contributed by atoms with Crippen LogP contribution in [0.15, 0.2) is 0 Å². The molecule has 0 spiro atoms. The van der Waals surface area contributed by atoms with Crippen LogP contribution in [0.2, 0.25) is 0 Å². The van der Waals surface area contributed by atoms with Gasteiger partial charge in [-0.05, 0) is 32.4 Å². The first-order valence-corrected chi connectivity index (χ1v) is 7.46. The van der Waals surface area contributed by atoms with E-state index < -0.39 is 0 Å². The largest absolute Gasteiger partial charge is 0.355 e. The molecule has 20 heavy (non-hydrogen) atoms. The summed E-state index contributed by atoms with van der Waals surface area (Å²) in [7, 11) is 1.99. The van der Waals surface area contributed by atoms with Crippen LogP contribution < -0.4 is 16.4 Å². The van der Waals surface area contributed by atoms with Crippen molar-refractivity contribution in [3.63, 3.8) is 0 Å². The van der Waals surface area contributed by atoms with Crippen LogP contribution >= 0.6 is 0 Å². The lowest BCUT2D eigenvalue weighted by Crippen LogP contribution is -2.47. The van der Waals surface area contributed by atoms with Crippen LogP contribution in [0.4, 0.5) is 0 Å². The van der Waals surface area contributed by atoms with Gasteiger partial charge in [-0.2, -0.15) is 0 Å². The Hall–Kier alpha value is -1.14. The third kappa shape index (κ3) is 5.88. The number of nitrogens with zero attached hydrogens (tertiary/aromatic N) is 1. The van der Waals surface area contributed by atoms with Gasteiger partial charge in [0.1, 0.15) is 0 Å². The van der Waals surface area contributed by atoms with E-state index in [9.17, 15) is 9.59 Å². The number of carbonyl (C=O) groups excluding carboxylic acids is 2. The smallest absolute Gasteiger partial charge is 0.234 e. The molecule has 116 valence electrons. The molecule has 1 fully saturated rings. The predicted octanol–water partition coefficient (Wildman–Crippen LogP) is -0.312. The molecule has 0 aromatic heterocycles. The minimum Gasteiger partial charge on any atom is -0.355 e. The highest BCUT2D eigenvalue weighted by molar-refractivity contribution is 5.78. The molecule has 0 saturated heterocycles. The van der Waals surface area contributed by atoms with E-state index in [0.29, 0.717) is 38.1 Å². The first-order valence-electron chi connectivity index (χ1n) is 7.46. The van der Waals surface area contributed by atoms with E-state index in [4.69, 9.17) is 5.73 Å². The molecule has 0 aromatic rings. The summed E-state index contributed by atoms with van der Waals surface area (Å²) in [6.07, 6.45) is 4.75. The number of nitrogens with two attached hydrogens (primary N) is 1. The number of carbonyl (C=O) groups is 2. The van der Waals surface area contributed by atoms with Crippen molar-refractivity contribution in [2.24, 2.45) is 11.7 Å². The van der Waals surface area contributed by atoms with Gasteiger partial charge in [0.2, 0.25) is 11.8 Å². The van der Waals surface area contributed by atoms with Crippen LogP contribution in [0.5, 0.6) is 0 Å². The Kier molecular flexibility index (Phi) is 7.54. The van der Waals surface area contributed by atoms with Crippen molar-refractivity contribution in [3.8, 4) is 0 Å². The molecule has 0 radical (unpaired) electrons. The van der Waals surface area contributed by atoms with Crippen molar-refractivity contribution in [1.29, 1.82) is 0 Å². The van der Waals surface area contributed by atoms with E-state index in [1.807, 2.05) is 7.05 Å². The predicted molar refractivity (Wildman–Crippen MR) is 79.1 cm³/mol. The molecule has 2 amide bonds.